The van der Waals surface area contributed by atoms with Crippen LogP contribution in [0.1, 0.15) is 23.2 Å². The summed E-state index contributed by atoms with van der Waals surface area (Å²) in [4.78, 5) is 14.3. The molecule has 1 aliphatic heterocycles. The molecule has 98 valence electrons. The summed E-state index contributed by atoms with van der Waals surface area (Å²) < 4.78 is 0. The highest BCUT2D eigenvalue weighted by molar-refractivity contribution is 6.33. The molecule has 0 radical (unpaired) electrons. The quantitative estimate of drug-likeness (QED) is 0.803. The van der Waals surface area contributed by atoms with Crippen LogP contribution in [0.5, 0.6) is 0 Å². The lowest BCUT2D eigenvalue weighted by atomic mass is 10.1. The molecule has 1 unspecified atom stereocenters. The van der Waals surface area contributed by atoms with Crippen LogP contribution in [-0.2, 0) is 0 Å². The van der Waals surface area contributed by atoms with Gasteiger partial charge < -0.3 is 16.0 Å². The molecule has 1 atom stereocenters. The van der Waals surface area contributed by atoms with Gasteiger partial charge in [0, 0.05) is 12.6 Å². The minimum absolute atomic E-state index is 0.143. The van der Waals surface area contributed by atoms with Gasteiger partial charge in [-0.05, 0) is 38.6 Å². The molecule has 1 saturated heterocycles. The van der Waals surface area contributed by atoms with Gasteiger partial charge >= 0.3 is 0 Å². The second kappa shape index (κ2) is 5.59. The van der Waals surface area contributed by atoms with Crippen molar-refractivity contribution in [3.05, 3.63) is 28.8 Å². The third-order valence-electron chi connectivity index (χ3n) is 3.26. The molecule has 0 aromatic heterocycles. The fourth-order valence-corrected chi connectivity index (χ4v) is 2.46. The second-order valence-corrected chi connectivity index (χ2v) is 5.18. The minimum atomic E-state index is -0.143. The van der Waals surface area contributed by atoms with Crippen molar-refractivity contribution in [1.29, 1.82) is 0 Å². The molecule has 0 bridgehead atoms. The summed E-state index contributed by atoms with van der Waals surface area (Å²) in [7, 11) is 2.06. The molecule has 1 fully saturated rings. The number of hydrogen-bond acceptors (Lipinski definition) is 3. The van der Waals surface area contributed by atoms with Gasteiger partial charge in [-0.15, -0.1) is 0 Å². The first-order valence-corrected chi connectivity index (χ1v) is 6.49. The zero-order chi connectivity index (χ0) is 13.1. The number of hydrogen-bond donors (Lipinski definition) is 2. The van der Waals surface area contributed by atoms with E-state index in [2.05, 4.69) is 17.3 Å². The number of piperidine rings is 1. The fraction of sp³-hybridized carbons (Fsp3) is 0.462. The molecule has 3 N–H and O–H groups in total. The zero-order valence-electron chi connectivity index (χ0n) is 10.4. The summed E-state index contributed by atoms with van der Waals surface area (Å²) in [6.07, 6.45) is 2.11. The van der Waals surface area contributed by atoms with E-state index in [1.807, 2.05) is 0 Å². The predicted octanol–water partition coefficient (Wildman–Crippen LogP) is 1.75. The number of nitrogens with two attached hydrogens (primary N) is 1. The van der Waals surface area contributed by atoms with Crippen LogP contribution in [0.3, 0.4) is 0 Å². The first kappa shape index (κ1) is 13.2. The van der Waals surface area contributed by atoms with Gasteiger partial charge in [-0.3, -0.25) is 4.79 Å². The molecule has 1 aromatic rings. The van der Waals surface area contributed by atoms with Gasteiger partial charge in [0.15, 0.2) is 0 Å². The van der Waals surface area contributed by atoms with Crippen molar-refractivity contribution in [2.75, 3.05) is 25.9 Å². The van der Waals surface area contributed by atoms with Gasteiger partial charge in [0.25, 0.3) is 5.91 Å². The zero-order valence-corrected chi connectivity index (χ0v) is 11.2. The molecule has 5 heteroatoms. The molecular formula is C13H18ClN3O. The SMILES string of the molecule is CN1CCCC(NC(=O)c2cccc(Cl)c2N)C1. The summed E-state index contributed by atoms with van der Waals surface area (Å²) in [6.45, 7) is 1.97. The number of halogens is 1. The molecule has 1 aromatic carbocycles. The molecule has 1 heterocycles. The van der Waals surface area contributed by atoms with Crippen molar-refractivity contribution >= 4 is 23.2 Å². The van der Waals surface area contributed by atoms with E-state index in [0.717, 1.165) is 25.9 Å². The van der Waals surface area contributed by atoms with Crippen molar-refractivity contribution in [3.63, 3.8) is 0 Å². The maximum Gasteiger partial charge on any atom is 0.253 e. The first-order chi connectivity index (χ1) is 8.58. The summed E-state index contributed by atoms with van der Waals surface area (Å²) in [5.41, 5.74) is 6.62. The maximum absolute atomic E-state index is 12.1. The molecule has 18 heavy (non-hydrogen) atoms. The highest BCUT2D eigenvalue weighted by Gasteiger charge is 2.20. The number of carbonyl (C=O) groups excluding carboxylic acids is 1. The Labute approximate surface area is 112 Å². The topological polar surface area (TPSA) is 58.4 Å². The van der Waals surface area contributed by atoms with E-state index in [1.54, 1.807) is 18.2 Å². The van der Waals surface area contributed by atoms with E-state index in [0.29, 0.717) is 16.3 Å². The van der Waals surface area contributed by atoms with Gasteiger partial charge in [0.05, 0.1) is 16.3 Å². The first-order valence-electron chi connectivity index (χ1n) is 6.11. The van der Waals surface area contributed by atoms with Gasteiger partial charge in [-0.2, -0.15) is 0 Å². The third-order valence-corrected chi connectivity index (χ3v) is 3.59. The van der Waals surface area contributed by atoms with Crippen LogP contribution in [0.15, 0.2) is 18.2 Å². The highest BCUT2D eigenvalue weighted by atomic mass is 35.5. The summed E-state index contributed by atoms with van der Waals surface area (Å²) >= 11 is 5.91. The van der Waals surface area contributed by atoms with Crippen molar-refractivity contribution in [2.24, 2.45) is 0 Å². The van der Waals surface area contributed by atoms with Crippen LogP contribution in [-0.4, -0.2) is 37.0 Å². The molecular weight excluding hydrogens is 250 g/mol. The second-order valence-electron chi connectivity index (χ2n) is 4.78. The predicted molar refractivity (Wildman–Crippen MR) is 73.8 cm³/mol. The lowest BCUT2D eigenvalue weighted by molar-refractivity contribution is 0.0913. The summed E-state index contributed by atoms with van der Waals surface area (Å²) in [5.74, 6) is -0.143. The van der Waals surface area contributed by atoms with Crippen LogP contribution < -0.4 is 11.1 Å². The van der Waals surface area contributed by atoms with Gasteiger partial charge in [0.2, 0.25) is 0 Å². The number of anilines is 1. The number of nitrogen functional groups attached to an aromatic ring is 1. The Morgan fingerprint density at radius 3 is 3.06 bits per heavy atom. The largest absolute Gasteiger partial charge is 0.397 e. The standard InChI is InChI=1S/C13H18ClN3O/c1-17-7-3-4-9(8-17)16-13(18)10-5-2-6-11(14)12(10)15/h2,5-6,9H,3-4,7-8,15H2,1H3,(H,16,18). The number of likely N-dealkylation sites (N-methyl/N-ethyl adjacent to an activating group) is 1. The van der Waals surface area contributed by atoms with Gasteiger partial charge in [-0.1, -0.05) is 17.7 Å². The smallest absolute Gasteiger partial charge is 0.253 e. The van der Waals surface area contributed by atoms with Gasteiger partial charge in [0.1, 0.15) is 0 Å². The van der Waals surface area contributed by atoms with Crippen LogP contribution in [0.4, 0.5) is 5.69 Å². The van der Waals surface area contributed by atoms with Crippen molar-refractivity contribution in [2.45, 2.75) is 18.9 Å². The lowest BCUT2D eigenvalue weighted by Gasteiger charge is -2.30. The maximum atomic E-state index is 12.1. The van der Waals surface area contributed by atoms with Crippen LogP contribution in [0.2, 0.25) is 5.02 Å². The normalized spacial score (nSPS) is 20.7. The minimum Gasteiger partial charge on any atom is -0.397 e. The summed E-state index contributed by atoms with van der Waals surface area (Å²) in [5, 5.41) is 3.43. The highest BCUT2D eigenvalue weighted by Crippen LogP contribution is 2.22. The molecule has 2 rings (SSSR count). The number of carbonyl (C=O) groups is 1. The number of amides is 1. The Bertz CT molecular complexity index is 450. The van der Waals surface area contributed by atoms with E-state index >= 15 is 0 Å². The average molecular weight is 268 g/mol. The summed E-state index contributed by atoms with van der Waals surface area (Å²) in [6, 6.07) is 5.31. The Hall–Kier alpha value is -1.26. The Kier molecular flexibility index (Phi) is 4.09. The van der Waals surface area contributed by atoms with Crippen LogP contribution >= 0.6 is 11.6 Å². The van der Waals surface area contributed by atoms with Gasteiger partial charge in [-0.25, -0.2) is 0 Å². The molecule has 0 saturated carbocycles. The van der Waals surface area contributed by atoms with E-state index in [9.17, 15) is 4.79 Å². The number of benzene rings is 1. The van der Waals surface area contributed by atoms with E-state index in [1.165, 1.54) is 0 Å². The van der Waals surface area contributed by atoms with E-state index < -0.39 is 0 Å². The third kappa shape index (κ3) is 2.94. The fourth-order valence-electron chi connectivity index (χ4n) is 2.28. The molecule has 0 aliphatic carbocycles. The Morgan fingerprint density at radius 2 is 2.33 bits per heavy atom. The van der Waals surface area contributed by atoms with E-state index in [4.69, 9.17) is 17.3 Å². The number of para-hydroxylation sites is 1. The average Bonchev–Trinajstić information content (AvgIpc) is 2.32. The number of rotatable bonds is 2. The monoisotopic (exact) mass is 267 g/mol. The lowest BCUT2D eigenvalue weighted by Crippen LogP contribution is -2.46. The van der Waals surface area contributed by atoms with Crippen molar-refractivity contribution < 1.29 is 4.79 Å². The van der Waals surface area contributed by atoms with Crippen LogP contribution in [0, 0.1) is 0 Å². The molecule has 1 aliphatic rings. The number of likely N-dealkylation sites (tertiary alicyclic amines) is 1. The van der Waals surface area contributed by atoms with E-state index in [-0.39, 0.29) is 11.9 Å². The van der Waals surface area contributed by atoms with Crippen molar-refractivity contribution in [1.82, 2.24) is 10.2 Å². The molecule has 0 spiro atoms. The van der Waals surface area contributed by atoms with Crippen LogP contribution in [0.25, 0.3) is 0 Å². The molecule has 1 amide bonds. The van der Waals surface area contributed by atoms with Crippen molar-refractivity contribution in [3.8, 4) is 0 Å². The Balaban J connectivity index is 2.05. The number of nitrogens with one attached hydrogen (secondary N) is 1. The number of nitrogens with zero attached hydrogens (tertiary/aromatic N) is 1. The Morgan fingerprint density at radius 1 is 1.56 bits per heavy atom. The molecule has 4 nitrogen and oxygen atoms in total.